The Morgan fingerprint density at radius 2 is 1.35 bits per heavy atom. The summed E-state index contributed by atoms with van der Waals surface area (Å²) in [5.41, 5.74) is 5.54. The molecule has 23 heavy (non-hydrogen) atoms. The summed E-state index contributed by atoms with van der Waals surface area (Å²) in [4.78, 5) is 4.17. The first kappa shape index (κ1) is 14.0. The summed E-state index contributed by atoms with van der Waals surface area (Å²) in [6.07, 6.45) is 7.33. The number of benzene rings is 2. The van der Waals surface area contributed by atoms with E-state index in [9.17, 15) is 0 Å². The molecule has 0 spiro atoms. The molecule has 4 rings (SSSR count). The van der Waals surface area contributed by atoms with E-state index in [1.54, 1.807) is 0 Å². The van der Waals surface area contributed by atoms with Crippen LogP contribution in [0.15, 0.2) is 91.3 Å². The molecule has 1 nitrogen and oxygen atoms in total. The molecule has 1 heterocycles. The second kappa shape index (κ2) is 6.21. The van der Waals surface area contributed by atoms with Gasteiger partial charge in [-0.3, -0.25) is 4.98 Å². The topological polar surface area (TPSA) is 12.9 Å². The lowest BCUT2D eigenvalue weighted by Crippen LogP contribution is -2.05. The zero-order valence-corrected chi connectivity index (χ0v) is 13.0. The third-order valence-electron chi connectivity index (χ3n) is 4.72. The molecule has 0 aliphatic heterocycles. The zero-order valence-electron chi connectivity index (χ0n) is 13.0. The predicted molar refractivity (Wildman–Crippen MR) is 95.2 cm³/mol. The Balaban J connectivity index is 1.75. The van der Waals surface area contributed by atoms with Crippen LogP contribution in [0.4, 0.5) is 0 Å². The van der Waals surface area contributed by atoms with Crippen LogP contribution >= 0.6 is 0 Å². The van der Waals surface area contributed by atoms with Gasteiger partial charge in [-0.25, -0.2) is 0 Å². The largest absolute Gasteiger partial charge is 0.265 e. The molecule has 1 aromatic heterocycles. The molecule has 0 saturated heterocycles. The van der Waals surface area contributed by atoms with E-state index in [1.807, 2.05) is 12.4 Å². The highest BCUT2D eigenvalue weighted by atomic mass is 14.6. The standard InChI is InChI=1S/C22H19N/c1-3-7-17(8-4-1)20-15-21(18-9-5-2-6-10-18)22(16-20)19-11-13-23-14-12-19/h1-15,21-22H,16H2/t21-,22-/m1/s1. The van der Waals surface area contributed by atoms with Crippen LogP contribution < -0.4 is 0 Å². The van der Waals surface area contributed by atoms with Gasteiger partial charge in [0.05, 0.1) is 0 Å². The van der Waals surface area contributed by atoms with E-state index >= 15 is 0 Å². The summed E-state index contributed by atoms with van der Waals surface area (Å²) in [5.74, 6) is 0.907. The molecule has 1 aliphatic rings. The fraction of sp³-hybridized carbons (Fsp3) is 0.136. The van der Waals surface area contributed by atoms with Crippen LogP contribution in [0.5, 0.6) is 0 Å². The Hall–Kier alpha value is -2.67. The average molecular weight is 297 g/mol. The van der Waals surface area contributed by atoms with Gasteiger partial charge in [0.2, 0.25) is 0 Å². The summed E-state index contributed by atoms with van der Waals surface area (Å²) in [6, 6.07) is 25.9. The Labute approximate surface area is 137 Å². The molecule has 2 atom stereocenters. The minimum Gasteiger partial charge on any atom is -0.265 e. The van der Waals surface area contributed by atoms with Crippen LogP contribution in [0.25, 0.3) is 5.57 Å². The number of rotatable bonds is 3. The average Bonchev–Trinajstić information content (AvgIpc) is 3.09. The van der Waals surface area contributed by atoms with Crippen molar-refractivity contribution in [3.05, 3.63) is 108 Å². The molecule has 0 fully saturated rings. The van der Waals surface area contributed by atoms with E-state index in [0.717, 1.165) is 6.42 Å². The van der Waals surface area contributed by atoms with Gasteiger partial charge in [-0.2, -0.15) is 0 Å². The van der Waals surface area contributed by atoms with E-state index < -0.39 is 0 Å². The number of hydrogen-bond acceptors (Lipinski definition) is 1. The molecule has 0 bridgehead atoms. The second-order valence-electron chi connectivity index (χ2n) is 6.09. The van der Waals surface area contributed by atoms with Gasteiger partial charge in [-0.1, -0.05) is 66.7 Å². The third-order valence-corrected chi connectivity index (χ3v) is 4.72. The first-order chi connectivity index (χ1) is 11.4. The minimum absolute atomic E-state index is 0.425. The SMILES string of the molecule is C1=C(c2ccccc2)C[C@H](c2ccncc2)[C@H]1c1ccccc1. The highest BCUT2D eigenvalue weighted by molar-refractivity contribution is 5.71. The van der Waals surface area contributed by atoms with Crippen LogP contribution in [-0.2, 0) is 0 Å². The molecule has 0 radical (unpaired) electrons. The first-order valence-electron chi connectivity index (χ1n) is 8.13. The Morgan fingerprint density at radius 1 is 0.696 bits per heavy atom. The normalized spacial score (nSPS) is 20.3. The maximum absolute atomic E-state index is 4.17. The van der Waals surface area contributed by atoms with Crippen molar-refractivity contribution in [2.75, 3.05) is 0 Å². The number of aromatic nitrogens is 1. The van der Waals surface area contributed by atoms with Gasteiger partial charge in [-0.15, -0.1) is 0 Å². The van der Waals surface area contributed by atoms with E-state index in [-0.39, 0.29) is 0 Å². The van der Waals surface area contributed by atoms with Gasteiger partial charge in [-0.05, 0) is 46.7 Å². The van der Waals surface area contributed by atoms with Crippen molar-refractivity contribution in [1.29, 1.82) is 0 Å². The molecule has 0 unspecified atom stereocenters. The zero-order chi connectivity index (χ0) is 15.5. The van der Waals surface area contributed by atoms with E-state index in [1.165, 1.54) is 22.3 Å². The monoisotopic (exact) mass is 297 g/mol. The molecule has 2 aromatic carbocycles. The number of hydrogen-bond donors (Lipinski definition) is 0. The van der Waals surface area contributed by atoms with Crippen LogP contribution in [0.3, 0.4) is 0 Å². The molecular formula is C22H19N. The maximum Gasteiger partial charge on any atom is 0.0270 e. The molecule has 0 amide bonds. The van der Waals surface area contributed by atoms with E-state index in [4.69, 9.17) is 0 Å². The Morgan fingerprint density at radius 3 is 2.04 bits per heavy atom. The summed E-state index contributed by atoms with van der Waals surface area (Å²) in [7, 11) is 0. The van der Waals surface area contributed by atoms with Crippen LogP contribution in [0, 0.1) is 0 Å². The quantitative estimate of drug-likeness (QED) is 0.627. The third kappa shape index (κ3) is 2.83. The smallest absolute Gasteiger partial charge is 0.0270 e. The van der Waals surface area contributed by atoms with Crippen LogP contribution in [-0.4, -0.2) is 4.98 Å². The van der Waals surface area contributed by atoms with Crippen molar-refractivity contribution >= 4 is 5.57 Å². The number of allylic oxidation sites excluding steroid dienone is 2. The predicted octanol–water partition coefficient (Wildman–Crippen LogP) is 5.44. The molecule has 1 aliphatic carbocycles. The van der Waals surface area contributed by atoms with Crippen LogP contribution in [0.1, 0.15) is 34.9 Å². The maximum atomic E-state index is 4.17. The van der Waals surface area contributed by atoms with Crippen molar-refractivity contribution in [2.45, 2.75) is 18.3 Å². The summed E-state index contributed by atoms with van der Waals surface area (Å²) in [5, 5.41) is 0. The lowest BCUT2D eigenvalue weighted by atomic mass is 9.84. The van der Waals surface area contributed by atoms with E-state index in [0.29, 0.717) is 11.8 Å². The van der Waals surface area contributed by atoms with Gasteiger partial charge in [0, 0.05) is 18.3 Å². The molecule has 112 valence electrons. The lowest BCUT2D eigenvalue weighted by Gasteiger charge is -2.20. The molecule has 0 N–H and O–H groups in total. The van der Waals surface area contributed by atoms with Gasteiger partial charge >= 0.3 is 0 Å². The first-order valence-corrected chi connectivity index (χ1v) is 8.13. The lowest BCUT2D eigenvalue weighted by molar-refractivity contribution is 0.667. The van der Waals surface area contributed by atoms with Crippen LogP contribution in [0.2, 0.25) is 0 Å². The Kier molecular flexibility index (Phi) is 3.77. The number of nitrogens with zero attached hydrogens (tertiary/aromatic N) is 1. The van der Waals surface area contributed by atoms with Crippen molar-refractivity contribution in [2.24, 2.45) is 0 Å². The highest BCUT2D eigenvalue weighted by Gasteiger charge is 2.30. The molecule has 3 aromatic rings. The minimum atomic E-state index is 0.425. The fourth-order valence-electron chi connectivity index (χ4n) is 3.57. The molecular weight excluding hydrogens is 278 g/mol. The van der Waals surface area contributed by atoms with Crippen molar-refractivity contribution in [3.8, 4) is 0 Å². The Bertz CT molecular complexity index is 791. The molecule has 0 saturated carbocycles. The summed E-state index contributed by atoms with van der Waals surface area (Å²) >= 11 is 0. The van der Waals surface area contributed by atoms with Gasteiger partial charge in [0.25, 0.3) is 0 Å². The highest BCUT2D eigenvalue weighted by Crippen LogP contribution is 2.47. The van der Waals surface area contributed by atoms with Crippen molar-refractivity contribution in [3.63, 3.8) is 0 Å². The van der Waals surface area contributed by atoms with Gasteiger partial charge in [0.15, 0.2) is 0 Å². The van der Waals surface area contributed by atoms with Crippen molar-refractivity contribution in [1.82, 2.24) is 4.98 Å². The van der Waals surface area contributed by atoms with Gasteiger partial charge < -0.3 is 0 Å². The van der Waals surface area contributed by atoms with Crippen molar-refractivity contribution < 1.29 is 0 Å². The summed E-state index contributed by atoms with van der Waals surface area (Å²) in [6.45, 7) is 0. The van der Waals surface area contributed by atoms with Gasteiger partial charge in [0.1, 0.15) is 0 Å². The van der Waals surface area contributed by atoms with E-state index in [2.05, 4.69) is 83.9 Å². The second-order valence-corrected chi connectivity index (χ2v) is 6.09. The molecule has 1 heteroatoms. The number of pyridine rings is 1. The fourth-order valence-corrected chi connectivity index (χ4v) is 3.57. The summed E-state index contributed by atoms with van der Waals surface area (Å²) < 4.78 is 0.